The number of hydrogen-bond donors (Lipinski definition) is 3. The first-order valence-electron chi connectivity index (χ1n) is 13.9. The highest BCUT2D eigenvalue weighted by Crippen LogP contribution is 2.40. The molecule has 0 spiro atoms. The van der Waals surface area contributed by atoms with Crippen molar-refractivity contribution in [3.63, 3.8) is 0 Å². The first-order chi connectivity index (χ1) is 19.7. The zero-order valence-electron chi connectivity index (χ0n) is 22.9. The van der Waals surface area contributed by atoms with E-state index in [-0.39, 0.29) is 11.6 Å². The number of carbonyl (C=O) groups excluding carboxylic acids is 2. The van der Waals surface area contributed by atoms with Gasteiger partial charge in [-0.1, -0.05) is 49.6 Å². The molecule has 1 heterocycles. The molecule has 3 amide bonds. The molecule has 9 heteroatoms. The lowest BCUT2D eigenvalue weighted by Gasteiger charge is -2.32. The molecule has 0 aromatic heterocycles. The number of halogens is 2. The molecule has 2 aliphatic rings. The van der Waals surface area contributed by atoms with Crippen LogP contribution in [-0.4, -0.2) is 29.4 Å². The molecule has 1 unspecified atom stereocenters. The number of carbonyl (C=O) groups is 2. The van der Waals surface area contributed by atoms with Gasteiger partial charge in [0.05, 0.1) is 22.9 Å². The Balaban J connectivity index is 1.38. The summed E-state index contributed by atoms with van der Waals surface area (Å²) >= 11 is 5.94. The van der Waals surface area contributed by atoms with Crippen molar-refractivity contribution in [3.8, 4) is 6.07 Å². The number of rotatable bonds is 8. The molecule has 3 aromatic rings. The van der Waals surface area contributed by atoms with Gasteiger partial charge in [-0.2, -0.15) is 5.26 Å². The van der Waals surface area contributed by atoms with Gasteiger partial charge in [0.1, 0.15) is 11.9 Å². The van der Waals surface area contributed by atoms with Gasteiger partial charge in [-0.3, -0.25) is 4.79 Å². The van der Waals surface area contributed by atoms with Crippen molar-refractivity contribution >= 4 is 34.9 Å². The highest BCUT2D eigenvalue weighted by molar-refractivity contribution is 6.30. The fourth-order valence-corrected chi connectivity index (χ4v) is 5.65. The molecular weight excluding hydrogens is 541 g/mol. The van der Waals surface area contributed by atoms with Gasteiger partial charge in [-0.25, -0.2) is 9.18 Å². The molecular formula is C32H33ClFN5O2. The maximum Gasteiger partial charge on any atom is 0.322 e. The minimum absolute atomic E-state index is 0.00259. The van der Waals surface area contributed by atoms with Crippen LogP contribution in [0.1, 0.15) is 55.7 Å². The van der Waals surface area contributed by atoms with Crippen LogP contribution in [0.3, 0.4) is 0 Å². The van der Waals surface area contributed by atoms with Crippen LogP contribution in [0.15, 0.2) is 66.7 Å². The Kier molecular flexibility index (Phi) is 8.30. The lowest BCUT2D eigenvalue weighted by Crippen LogP contribution is -2.45. The van der Waals surface area contributed by atoms with Gasteiger partial charge in [0, 0.05) is 17.3 Å². The summed E-state index contributed by atoms with van der Waals surface area (Å²) in [6.07, 6.45) is 4.31. The van der Waals surface area contributed by atoms with Crippen molar-refractivity contribution in [2.45, 2.75) is 50.6 Å². The van der Waals surface area contributed by atoms with Gasteiger partial charge in [0.25, 0.3) is 0 Å². The van der Waals surface area contributed by atoms with Gasteiger partial charge >= 0.3 is 6.03 Å². The second-order valence-corrected chi connectivity index (χ2v) is 11.7. The molecule has 41 heavy (non-hydrogen) atoms. The quantitative estimate of drug-likeness (QED) is 0.281. The van der Waals surface area contributed by atoms with Crippen molar-refractivity contribution in [3.05, 3.63) is 94.3 Å². The third-order valence-electron chi connectivity index (χ3n) is 8.06. The van der Waals surface area contributed by atoms with E-state index in [0.29, 0.717) is 47.1 Å². The predicted molar refractivity (Wildman–Crippen MR) is 158 cm³/mol. The fourth-order valence-electron chi connectivity index (χ4n) is 5.52. The van der Waals surface area contributed by atoms with Crippen LogP contribution < -0.4 is 16.4 Å². The van der Waals surface area contributed by atoms with E-state index in [1.54, 1.807) is 54.6 Å². The average Bonchev–Trinajstić information content (AvgIpc) is 3.72. The number of urea groups is 1. The molecule has 2 fully saturated rings. The number of nitrogens with one attached hydrogen (secondary N) is 2. The molecule has 1 aliphatic heterocycles. The average molecular weight is 574 g/mol. The smallest absolute Gasteiger partial charge is 0.322 e. The highest BCUT2D eigenvalue weighted by atomic mass is 35.5. The van der Waals surface area contributed by atoms with Crippen LogP contribution in [0.25, 0.3) is 0 Å². The lowest BCUT2D eigenvalue weighted by atomic mass is 9.79. The van der Waals surface area contributed by atoms with E-state index in [0.717, 1.165) is 12.0 Å². The molecule has 1 saturated heterocycles. The number of likely N-dealkylation sites (tertiary alicyclic amines) is 1. The summed E-state index contributed by atoms with van der Waals surface area (Å²) in [7, 11) is 0. The Bertz CT molecular complexity index is 1490. The molecule has 1 aliphatic carbocycles. The Morgan fingerprint density at radius 3 is 2.54 bits per heavy atom. The number of nitrogens with zero attached hydrogens (tertiary/aromatic N) is 2. The number of anilines is 2. The molecule has 0 bridgehead atoms. The molecule has 4 N–H and O–H groups in total. The van der Waals surface area contributed by atoms with Crippen molar-refractivity contribution in [2.24, 2.45) is 17.6 Å². The van der Waals surface area contributed by atoms with Gasteiger partial charge in [0.15, 0.2) is 0 Å². The van der Waals surface area contributed by atoms with E-state index in [1.807, 2.05) is 13.0 Å². The van der Waals surface area contributed by atoms with Gasteiger partial charge < -0.3 is 21.3 Å². The second kappa shape index (κ2) is 11.9. The topological polar surface area (TPSA) is 111 Å². The molecule has 3 aromatic carbocycles. The Morgan fingerprint density at radius 1 is 1.10 bits per heavy atom. The summed E-state index contributed by atoms with van der Waals surface area (Å²) in [5, 5.41) is 15.5. The summed E-state index contributed by atoms with van der Waals surface area (Å²) in [5.41, 5.74) is 8.54. The summed E-state index contributed by atoms with van der Waals surface area (Å²) in [6, 6.07) is 19.4. The zero-order chi connectivity index (χ0) is 29.1. The highest BCUT2D eigenvalue weighted by Gasteiger charge is 2.39. The van der Waals surface area contributed by atoms with Crippen LogP contribution in [-0.2, 0) is 10.3 Å². The lowest BCUT2D eigenvalue weighted by molar-refractivity contribution is -0.119. The normalized spacial score (nSPS) is 19.7. The van der Waals surface area contributed by atoms with Gasteiger partial charge in [-0.05, 0) is 90.8 Å². The third kappa shape index (κ3) is 6.53. The molecule has 3 atom stereocenters. The van der Waals surface area contributed by atoms with E-state index < -0.39 is 29.3 Å². The van der Waals surface area contributed by atoms with Crippen molar-refractivity contribution in [1.29, 1.82) is 5.26 Å². The Morgan fingerprint density at radius 2 is 1.83 bits per heavy atom. The van der Waals surface area contributed by atoms with Crippen LogP contribution >= 0.6 is 11.6 Å². The molecule has 0 radical (unpaired) electrons. The third-order valence-corrected chi connectivity index (χ3v) is 8.31. The van der Waals surface area contributed by atoms with Crippen molar-refractivity contribution < 1.29 is 14.0 Å². The number of benzene rings is 3. The van der Waals surface area contributed by atoms with Crippen molar-refractivity contribution in [1.82, 2.24) is 4.90 Å². The van der Waals surface area contributed by atoms with E-state index >= 15 is 4.39 Å². The predicted octanol–water partition coefficient (Wildman–Crippen LogP) is 6.62. The first kappa shape index (κ1) is 28.6. The molecule has 212 valence electrons. The number of nitrogens with two attached hydrogens (primary N) is 1. The van der Waals surface area contributed by atoms with Crippen molar-refractivity contribution in [2.75, 3.05) is 17.2 Å². The standard InChI is InChI=1S/C32H33ClFN5O2/c1-20-15-29(39(19-20)31(41)37-26-10-8-25(33)9-11-26)30(40)38-28-17-24(7-12-27(28)34)32(36,14-13-21-5-6-21)23-4-2-3-22(16-23)18-35/h2-4,7-12,16-17,20-21,29H,5-6,13-15,19,36H2,1H3,(H,37,41)(H,38,40)/t20-,29-,32?/m0/s1. The minimum Gasteiger partial charge on any atom is -0.322 e. The second-order valence-electron chi connectivity index (χ2n) is 11.3. The van der Waals surface area contributed by atoms with Crippen LogP contribution in [0.5, 0.6) is 0 Å². The van der Waals surface area contributed by atoms with E-state index in [9.17, 15) is 14.9 Å². The largest absolute Gasteiger partial charge is 0.322 e. The number of amides is 3. The molecule has 1 saturated carbocycles. The van der Waals surface area contributed by atoms with Gasteiger partial charge in [-0.15, -0.1) is 0 Å². The van der Waals surface area contributed by atoms with E-state index in [2.05, 4.69) is 16.7 Å². The van der Waals surface area contributed by atoms with Crippen LogP contribution in [0.2, 0.25) is 5.02 Å². The number of hydrogen-bond acceptors (Lipinski definition) is 4. The fraction of sp³-hybridized carbons (Fsp3) is 0.344. The summed E-state index contributed by atoms with van der Waals surface area (Å²) < 4.78 is 15.1. The first-order valence-corrected chi connectivity index (χ1v) is 14.3. The maximum atomic E-state index is 15.1. The number of nitriles is 1. The molecule has 5 rings (SSSR count). The maximum absolute atomic E-state index is 15.1. The Hall–Kier alpha value is -3.93. The summed E-state index contributed by atoms with van der Waals surface area (Å²) in [6.45, 7) is 2.36. The SMILES string of the molecule is C[C@H]1C[C@@H](C(=O)Nc2cc(C(N)(CCC3CC3)c3cccc(C#N)c3)ccc2F)N(C(=O)Nc2ccc(Cl)cc2)C1. The van der Waals surface area contributed by atoms with E-state index in [4.69, 9.17) is 17.3 Å². The summed E-state index contributed by atoms with van der Waals surface area (Å²) in [4.78, 5) is 28.1. The van der Waals surface area contributed by atoms with Crippen LogP contribution in [0, 0.1) is 29.0 Å². The zero-order valence-corrected chi connectivity index (χ0v) is 23.6. The Labute approximate surface area is 244 Å². The van der Waals surface area contributed by atoms with Gasteiger partial charge in [0.2, 0.25) is 5.91 Å². The van der Waals surface area contributed by atoms with Crippen LogP contribution in [0.4, 0.5) is 20.6 Å². The molecule has 7 nitrogen and oxygen atoms in total. The van der Waals surface area contributed by atoms with E-state index in [1.165, 1.54) is 23.8 Å². The monoisotopic (exact) mass is 573 g/mol. The minimum atomic E-state index is -0.977. The summed E-state index contributed by atoms with van der Waals surface area (Å²) in [5.74, 6) is -0.361.